The zero-order valence-electron chi connectivity index (χ0n) is 17.0. The second kappa shape index (κ2) is 9.96. The number of nitrogens with one attached hydrogen (secondary N) is 2. The van der Waals surface area contributed by atoms with Gasteiger partial charge in [-0.05, 0) is 43.9 Å². The molecule has 0 saturated carbocycles. The first-order valence-corrected chi connectivity index (χ1v) is 9.90. The van der Waals surface area contributed by atoms with Gasteiger partial charge in [0.15, 0.2) is 23.3 Å². The molecule has 0 saturated heterocycles. The summed E-state index contributed by atoms with van der Waals surface area (Å²) in [6.07, 6.45) is 4.11. The standard InChI is InChI=1S/C20H30N6O2/c1-4-28-17-13-15(9-10-16(17)27-3)7-5-11-22-20(21-2)23-14-19-25-24-18-8-6-12-26(18)19/h9-10,13H,4-8,11-12,14H2,1-3H3,(H2,21,22,23). The van der Waals surface area contributed by atoms with Gasteiger partial charge in [-0.2, -0.15) is 0 Å². The van der Waals surface area contributed by atoms with Gasteiger partial charge in [-0.3, -0.25) is 4.99 Å². The van der Waals surface area contributed by atoms with E-state index in [2.05, 4.69) is 42.5 Å². The van der Waals surface area contributed by atoms with Gasteiger partial charge in [0, 0.05) is 26.6 Å². The highest BCUT2D eigenvalue weighted by Crippen LogP contribution is 2.28. The van der Waals surface area contributed by atoms with E-state index in [1.807, 2.05) is 13.0 Å². The number of fused-ring (bicyclic) bond motifs is 1. The molecule has 0 spiro atoms. The minimum Gasteiger partial charge on any atom is -0.493 e. The van der Waals surface area contributed by atoms with Crippen LogP contribution in [0, 0.1) is 0 Å². The maximum Gasteiger partial charge on any atom is 0.191 e. The molecule has 0 radical (unpaired) electrons. The van der Waals surface area contributed by atoms with Crippen molar-refractivity contribution in [1.29, 1.82) is 0 Å². The number of guanidine groups is 1. The van der Waals surface area contributed by atoms with E-state index >= 15 is 0 Å². The second-order valence-electron chi connectivity index (χ2n) is 6.66. The highest BCUT2D eigenvalue weighted by atomic mass is 16.5. The Morgan fingerprint density at radius 2 is 2.14 bits per heavy atom. The lowest BCUT2D eigenvalue weighted by Gasteiger charge is -2.13. The summed E-state index contributed by atoms with van der Waals surface area (Å²) in [6, 6.07) is 6.10. The van der Waals surface area contributed by atoms with Crippen LogP contribution in [0.2, 0.25) is 0 Å². The summed E-state index contributed by atoms with van der Waals surface area (Å²) in [7, 11) is 3.44. The van der Waals surface area contributed by atoms with Crippen LogP contribution in [0.1, 0.15) is 37.0 Å². The van der Waals surface area contributed by atoms with E-state index in [-0.39, 0.29) is 0 Å². The SMILES string of the molecule is CCOc1cc(CCCNC(=NC)NCc2nnc3n2CCC3)ccc1OC. The van der Waals surface area contributed by atoms with Crippen molar-refractivity contribution in [3.8, 4) is 11.5 Å². The third kappa shape index (κ3) is 4.94. The van der Waals surface area contributed by atoms with Gasteiger partial charge >= 0.3 is 0 Å². The highest BCUT2D eigenvalue weighted by molar-refractivity contribution is 5.79. The Kier molecular flexibility index (Phi) is 7.11. The molecule has 1 aliphatic heterocycles. The molecular weight excluding hydrogens is 356 g/mol. The van der Waals surface area contributed by atoms with Crippen LogP contribution >= 0.6 is 0 Å². The topological polar surface area (TPSA) is 85.6 Å². The van der Waals surface area contributed by atoms with Gasteiger partial charge in [0.05, 0.1) is 20.3 Å². The number of aliphatic imine (C=N–C) groups is 1. The van der Waals surface area contributed by atoms with Gasteiger partial charge in [0.2, 0.25) is 0 Å². The molecule has 2 heterocycles. The number of rotatable bonds is 9. The molecule has 8 heteroatoms. The first kappa shape index (κ1) is 20.0. The predicted molar refractivity (Wildman–Crippen MR) is 109 cm³/mol. The number of benzene rings is 1. The van der Waals surface area contributed by atoms with Crippen LogP contribution in [0.25, 0.3) is 0 Å². The van der Waals surface area contributed by atoms with E-state index in [9.17, 15) is 0 Å². The molecular formula is C20H30N6O2. The number of nitrogens with zero attached hydrogens (tertiary/aromatic N) is 4. The number of aryl methyl sites for hydroxylation is 2. The minimum absolute atomic E-state index is 0.624. The molecule has 0 unspecified atom stereocenters. The molecule has 1 aromatic carbocycles. The Hall–Kier alpha value is -2.77. The van der Waals surface area contributed by atoms with Crippen molar-refractivity contribution in [2.75, 3.05) is 27.3 Å². The molecule has 0 amide bonds. The molecule has 8 nitrogen and oxygen atoms in total. The summed E-state index contributed by atoms with van der Waals surface area (Å²) < 4.78 is 13.2. The molecule has 0 atom stereocenters. The number of ether oxygens (including phenoxy) is 2. The lowest BCUT2D eigenvalue weighted by molar-refractivity contribution is 0.310. The largest absolute Gasteiger partial charge is 0.493 e. The Balaban J connectivity index is 1.42. The van der Waals surface area contributed by atoms with E-state index in [1.165, 1.54) is 5.56 Å². The third-order valence-electron chi connectivity index (χ3n) is 4.79. The number of aromatic nitrogens is 3. The van der Waals surface area contributed by atoms with Gasteiger partial charge in [0.25, 0.3) is 0 Å². The van der Waals surface area contributed by atoms with Gasteiger partial charge < -0.3 is 24.7 Å². The maximum absolute atomic E-state index is 5.65. The number of hydrogen-bond acceptors (Lipinski definition) is 5. The van der Waals surface area contributed by atoms with Crippen molar-refractivity contribution in [1.82, 2.24) is 25.4 Å². The molecule has 28 heavy (non-hydrogen) atoms. The van der Waals surface area contributed by atoms with Crippen molar-refractivity contribution in [3.05, 3.63) is 35.4 Å². The molecule has 3 rings (SSSR count). The zero-order valence-corrected chi connectivity index (χ0v) is 17.0. The number of hydrogen-bond donors (Lipinski definition) is 2. The molecule has 0 aliphatic carbocycles. The fourth-order valence-corrected chi connectivity index (χ4v) is 3.37. The van der Waals surface area contributed by atoms with Crippen LogP contribution in [0.15, 0.2) is 23.2 Å². The summed E-state index contributed by atoms with van der Waals surface area (Å²) in [5.41, 5.74) is 1.23. The summed E-state index contributed by atoms with van der Waals surface area (Å²) in [4.78, 5) is 4.29. The minimum atomic E-state index is 0.624. The highest BCUT2D eigenvalue weighted by Gasteiger charge is 2.17. The summed E-state index contributed by atoms with van der Waals surface area (Å²) in [5.74, 6) is 4.41. The predicted octanol–water partition coefficient (Wildman–Crippen LogP) is 1.93. The monoisotopic (exact) mass is 386 g/mol. The van der Waals surface area contributed by atoms with Gasteiger partial charge in [-0.15, -0.1) is 10.2 Å². The van der Waals surface area contributed by atoms with Crippen LogP contribution in [0.4, 0.5) is 0 Å². The van der Waals surface area contributed by atoms with Crippen molar-refractivity contribution >= 4 is 5.96 Å². The second-order valence-corrected chi connectivity index (χ2v) is 6.66. The van der Waals surface area contributed by atoms with E-state index in [1.54, 1.807) is 14.2 Å². The number of methoxy groups -OCH3 is 1. The summed E-state index contributed by atoms with van der Waals surface area (Å²) in [6.45, 7) is 5.06. The molecule has 0 fully saturated rings. The Bertz CT molecular complexity index is 802. The Morgan fingerprint density at radius 3 is 2.93 bits per heavy atom. The molecule has 0 bridgehead atoms. The van der Waals surface area contributed by atoms with Crippen molar-refractivity contribution in [3.63, 3.8) is 0 Å². The fraction of sp³-hybridized carbons (Fsp3) is 0.550. The third-order valence-corrected chi connectivity index (χ3v) is 4.79. The first-order valence-electron chi connectivity index (χ1n) is 9.90. The normalized spacial score (nSPS) is 13.3. The van der Waals surface area contributed by atoms with Crippen molar-refractivity contribution in [2.24, 2.45) is 4.99 Å². The average molecular weight is 387 g/mol. The molecule has 1 aliphatic rings. The lowest BCUT2D eigenvalue weighted by Crippen LogP contribution is -2.38. The van der Waals surface area contributed by atoms with Crippen LogP contribution < -0.4 is 20.1 Å². The van der Waals surface area contributed by atoms with Crippen LogP contribution in [0.3, 0.4) is 0 Å². The van der Waals surface area contributed by atoms with Gasteiger partial charge in [-0.1, -0.05) is 6.07 Å². The van der Waals surface area contributed by atoms with Gasteiger partial charge in [0.1, 0.15) is 5.82 Å². The Morgan fingerprint density at radius 1 is 1.25 bits per heavy atom. The lowest BCUT2D eigenvalue weighted by atomic mass is 10.1. The molecule has 1 aromatic heterocycles. The molecule has 2 N–H and O–H groups in total. The first-order chi connectivity index (χ1) is 13.7. The van der Waals surface area contributed by atoms with E-state index in [0.717, 1.165) is 67.9 Å². The summed E-state index contributed by atoms with van der Waals surface area (Å²) in [5, 5.41) is 15.2. The van der Waals surface area contributed by atoms with Crippen LogP contribution in [0.5, 0.6) is 11.5 Å². The zero-order chi connectivity index (χ0) is 19.8. The van der Waals surface area contributed by atoms with Crippen molar-refractivity contribution < 1.29 is 9.47 Å². The average Bonchev–Trinajstić information content (AvgIpc) is 3.32. The molecule has 2 aromatic rings. The fourth-order valence-electron chi connectivity index (χ4n) is 3.37. The van der Waals surface area contributed by atoms with E-state index in [4.69, 9.17) is 9.47 Å². The summed E-state index contributed by atoms with van der Waals surface area (Å²) >= 11 is 0. The van der Waals surface area contributed by atoms with Gasteiger partial charge in [-0.25, -0.2) is 0 Å². The maximum atomic E-state index is 5.65. The van der Waals surface area contributed by atoms with E-state index in [0.29, 0.717) is 13.2 Å². The molecule has 152 valence electrons. The Labute approximate surface area is 166 Å². The van der Waals surface area contributed by atoms with Crippen LogP contribution in [-0.4, -0.2) is 48.0 Å². The van der Waals surface area contributed by atoms with E-state index < -0.39 is 0 Å². The van der Waals surface area contributed by atoms with Crippen molar-refractivity contribution in [2.45, 2.75) is 45.7 Å². The smallest absolute Gasteiger partial charge is 0.191 e. The quantitative estimate of drug-likeness (QED) is 0.389. The van der Waals surface area contributed by atoms with Crippen LogP contribution in [-0.2, 0) is 25.9 Å².